The van der Waals surface area contributed by atoms with Crippen LogP contribution in [0.4, 0.5) is 5.82 Å². The Morgan fingerprint density at radius 1 is 1.33 bits per heavy atom. The molecule has 2 heterocycles. The Morgan fingerprint density at radius 2 is 2.17 bits per heavy atom. The molecule has 0 aliphatic heterocycles. The average Bonchev–Trinajstić information content (AvgIpc) is 2.75. The number of aromatic nitrogens is 3. The summed E-state index contributed by atoms with van der Waals surface area (Å²) in [4.78, 5) is 13.1. The van der Waals surface area contributed by atoms with Crippen LogP contribution < -0.4 is 11.3 Å². The van der Waals surface area contributed by atoms with Crippen LogP contribution >= 0.6 is 11.3 Å². The van der Waals surface area contributed by atoms with Gasteiger partial charge in [0.1, 0.15) is 11.6 Å². The van der Waals surface area contributed by atoms with E-state index in [1.165, 1.54) is 0 Å². The first-order chi connectivity index (χ1) is 8.71. The summed E-state index contributed by atoms with van der Waals surface area (Å²) >= 11 is 1.62. The molecule has 0 amide bonds. The monoisotopic (exact) mass is 265 g/mol. The highest BCUT2D eigenvalue weighted by Crippen LogP contribution is 2.13. The molecule has 2 aromatic rings. The minimum Gasteiger partial charge on any atom is -0.378 e. The number of nitrogens with two attached hydrogens (primary N) is 1. The molecule has 2 aromatic heterocycles. The summed E-state index contributed by atoms with van der Waals surface area (Å²) in [5.41, 5.74) is 4.29. The van der Waals surface area contributed by atoms with Crippen molar-refractivity contribution in [3.63, 3.8) is 0 Å². The number of nitrogen functional groups attached to an aromatic ring is 1. The Morgan fingerprint density at radius 3 is 2.78 bits per heavy atom. The second-order valence-corrected chi connectivity index (χ2v) is 4.83. The van der Waals surface area contributed by atoms with E-state index in [9.17, 15) is 0 Å². The van der Waals surface area contributed by atoms with Crippen molar-refractivity contribution in [1.82, 2.24) is 15.0 Å². The molecule has 0 radical (unpaired) electrons. The van der Waals surface area contributed by atoms with Gasteiger partial charge in [-0.15, -0.1) is 11.3 Å². The van der Waals surface area contributed by atoms with Crippen LogP contribution in [0.25, 0.3) is 0 Å². The van der Waals surface area contributed by atoms with Gasteiger partial charge < -0.3 is 10.2 Å². The van der Waals surface area contributed by atoms with Gasteiger partial charge in [0.15, 0.2) is 0 Å². The summed E-state index contributed by atoms with van der Waals surface area (Å²) in [6.07, 6.45) is 0.594. The SMILES string of the molecule is COCc1cc(NN)nc(Cc2csc(C)n2)n1. The third-order valence-electron chi connectivity index (χ3n) is 2.27. The molecule has 0 unspecified atom stereocenters. The van der Waals surface area contributed by atoms with Crippen molar-refractivity contribution >= 4 is 17.2 Å². The van der Waals surface area contributed by atoms with E-state index >= 15 is 0 Å². The van der Waals surface area contributed by atoms with Crippen molar-refractivity contribution in [3.05, 3.63) is 33.7 Å². The summed E-state index contributed by atoms with van der Waals surface area (Å²) in [6, 6.07) is 1.76. The fourth-order valence-corrected chi connectivity index (χ4v) is 2.19. The van der Waals surface area contributed by atoms with Crippen LogP contribution in [0, 0.1) is 6.92 Å². The van der Waals surface area contributed by atoms with Crippen LogP contribution in [-0.4, -0.2) is 22.1 Å². The molecule has 18 heavy (non-hydrogen) atoms. The second-order valence-electron chi connectivity index (χ2n) is 3.77. The molecule has 0 bridgehead atoms. The fourth-order valence-electron chi connectivity index (χ4n) is 1.58. The molecule has 2 rings (SSSR count). The number of nitrogens with zero attached hydrogens (tertiary/aromatic N) is 3. The maximum absolute atomic E-state index is 5.39. The lowest BCUT2D eigenvalue weighted by molar-refractivity contribution is 0.181. The van der Waals surface area contributed by atoms with E-state index in [2.05, 4.69) is 20.4 Å². The summed E-state index contributed by atoms with van der Waals surface area (Å²) in [7, 11) is 1.63. The van der Waals surface area contributed by atoms with Gasteiger partial charge in [0, 0.05) is 18.6 Å². The van der Waals surface area contributed by atoms with Crippen molar-refractivity contribution in [1.29, 1.82) is 0 Å². The zero-order valence-electron chi connectivity index (χ0n) is 10.3. The molecular weight excluding hydrogens is 250 g/mol. The van der Waals surface area contributed by atoms with Crippen LogP contribution in [0.3, 0.4) is 0 Å². The molecule has 3 N–H and O–H groups in total. The third-order valence-corrected chi connectivity index (χ3v) is 3.09. The average molecular weight is 265 g/mol. The fraction of sp³-hybridized carbons (Fsp3) is 0.364. The Balaban J connectivity index is 2.23. The predicted molar refractivity (Wildman–Crippen MR) is 70.2 cm³/mol. The minimum atomic E-state index is 0.431. The number of anilines is 1. The standard InChI is InChI=1S/C11H15N5OS/c1-7-13-9(6-18-7)4-10-14-8(5-17-2)3-11(15-10)16-12/h3,6H,4-5,12H2,1-2H3,(H,14,15,16). The molecule has 0 atom stereocenters. The normalized spacial score (nSPS) is 10.6. The maximum atomic E-state index is 5.39. The first kappa shape index (κ1) is 12.9. The molecule has 0 saturated carbocycles. The molecule has 0 spiro atoms. The molecule has 0 fully saturated rings. The number of thiazole rings is 1. The molecule has 6 nitrogen and oxygen atoms in total. The highest BCUT2D eigenvalue weighted by Gasteiger charge is 2.07. The number of ether oxygens (including phenoxy) is 1. The summed E-state index contributed by atoms with van der Waals surface area (Å²) < 4.78 is 5.06. The van der Waals surface area contributed by atoms with Gasteiger partial charge in [-0.2, -0.15) is 0 Å². The number of nitrogens with one attached hydrogen (secondary N) is 1. The maximum Gasteiger partial charge on any atom is 0.144 e. The van der Waals surface area contributed by atoms with Gasteiger partial charge >= 0.3 is 0 Å². The number of hydrazine groups is 1. The van der Waals surface area contributed by atoms with Crippen molar-refractivity contribution < 1.29 is 4.74 Å². The quantitative estimate of drug-likeness (QED) is 0.625. The first-order valence-electron chi connectivity index (χ1n) is 5.44. The highest BCUT2D eigenvalue weighted by molar-refractivity contribution is 7.09. The highest BCUT2D eigenvalue weighted by atomic mass is 32.1. The van der Waals surface area contributed by atoms with E-state index in [4.69, 9.17) is 10.6 Å². The van der Waals surface area contributed by atoms with E-state index in [-0.39, 0.29) is 0 Å². The van der Waals surface area contributed by atoms with Gasteiger partial charge in [-0.3, -0.25) is 0 Å². The Labute approximate surface area is 109 Å². The van der Waals surface area contributed by atoms with E-state index in [1.54, 1.807) is 24.5 Å². The van der Waals surface area contributed by atoms with Crippen molar-refractivity contribution in [2.45, 2.75) is 20.0 Å². The van der Waals surface area contributed by atoms with Gasteiger partial charge in [-0.25, -0.2) is 20.8 Å². The summed E-state index contributed by atoms with van der Waals surface area (Å²) in [5.74, 6) is 6.65. The van der Waals surface area contributed by atoms with Crippen LogP contribution in [0.1, 0.15) is 22.2 Å². The lowest BCUT2D eigenvalue weighted by atomic mass is 10.3. The van der Waals surface area contributed by atoms with Gasteiger partial charge in [-0.1, -0.05) is 0 Å². The lowest BCUT2D eigenvalue weighted by Gasteiger charge is -2.06. The molecular formula is C11H15N5OS. The first-order valence-corrected chi connectivity index (χ1v) is 6.32. The zero-order valence-corrected chi connectivity index (χ0v) is 11.1. The zero-order chi connectivity index (χ0) is 13.0. The number of aryl methyl sites for hydroxylation is 1. The summed E-state index contributed by atoms with van der Waals surface area (Å²) in [6.45, 7) is 2.41. The van der Waals surface area contributed by atoms with Crippen LogP contribution in [0.2, 0.25) is 0 Å². The smallest absolute Gasteiger partial charge is 0.144 e. The van der Waals surface area contributed by atoms with E-state index < -0.39 is 0 Å². The number of methoxy groups -OCH3 is 1. The molecule has 0 aliphatic carbocycles. The van der Waals surface area contributed by atoms with Crippen LogP contribution in [-0.2, 0) is 17.8 Å². The Kier molecular flexibility index (Phi) is 4.19. The van der Waals surface area contributed by atoms with Crippen LogP contribution in [0.5, 0.6) is 0 Å². The van der Waals surface area contributed by atoms with Gasteiger partial charge in [0.2, 0.25) is 0 Å². The largest absolute Gasteiger partial charge is 0.378 e. The molecule has 96 valence electrons. The number of rotatable bonds is 5. The minimum absolute atomic E-state index is 0.431. The van der Waals surface area contributed by atoms with Gasteiger partial charge in [0.05, 0.1) is 29.4 Å². The molecule has 0 aliphatic rings. The Hall–Kier alpha value is -1.57. The molecule has 0 aromatic carbocycles. The van der Waals surface area contributed by atoms with Crippen molar-refractivity contribution in [3.8, 4) is 0 Å². The number of hydrogen-bond acceptors (Lipinski definition) is 7. The van der Waals surface area contributed by atoms with E-state index in [1.807, 2.05) is 12.3 Å². The molecule has 7 heteroatoms. The Bertz CT molecular complexity index is 528. The van der Waals surface area contributed by atoms with Crippen LogP contribution in [0.15, 0.2) is 11.4 Å². The lowest BCUT2D eigenvalue weighted by Crippen LogP contribution is -2.12. The topological polar surface area (TPSA) is 86.0 Å². The summed E-state index contributed by atoms with van der Waals surface area (Å²) in [5, 5.41) is 3.05. The van der Waals surface area contributed by atoms with Crippen molar-refractivity contribution in [2.75, 3.05) is 12.5 Å². The van der Waals surface area contributed by atoms with Gasteiger partial charge in [-0.05, 0) is 6.92 Å². The van der Waals surface area contributed by atoms with E-state index in [0.717, 1.165) is 16.4 Å². The second kappa shape index (κ2) is 5.85. The van der Waals surface area contributed by atoms with Gasteiger partial charge in [0.25, 0.3) is 0 Å². The molecule has 0 saturated heterocycles. The predicted octanol–water partition coefficient (Wildman–Crippen LogP) is 1.26. The van der Waals surface area contributed by atoms with Crippen molar-refractivity contribution in [2.24, 2.45) is 5.84 Å². The number of hydrogen-bond donors (Lipinski definition) is 2. The third kappa shape index (κ3) is 3.22. The van der Waals surface area contributed by atoms with E-state index in [0.29, 0.717) is 24.7 Å².